The number of methoxy groups -OCH3 is 1. The van der Waals surface area contributed by atoms with Crippen LogP contribution in [0, 0.1) is 0 Å². The van der Waals surface area contributed by atoms with Gasteiger partial charge in [-0.3, -0.25) is 4.79 Å². The van der Waals surface area contributed by atoms with Gasteiger partial charge in [0.15, 0.2) is 16.6 Å². The first-order chi connectivity index (χ1) is 17.1. The van der Waals surface area contributed by atoms with Gasteiger partial charge in [-0.2, -0.15) is 5.10 Å². The second kappa shape index (κ2) is 11.5. The highest BCUT2D eigenvalue weighted by Gasteiger charge is 2.09. The monoisotopic (exact) mass is 506 g/mol. The Labute approximate surface area is 212 Å². The van der Waals surface area contributed by atoms with Crippen LogP contribution in [0.15, 0.2) is 77.2 Å². The van der Waals surface area contributed by atoms with Gasteiger partial charge in [-0.1, -0.05) is 23.7 Å². The fourth-order valence-electron chi connectivity index (χ4n) is 3.18. The van der Waals surface area contributed by atoms with Crippen molar-refractivity contribution in [1.82, 2.24) is 10.4 Å². The number of nitrogens with zero attached hydrogens (tertiary/aromatic N) is 2. The van der Waals surface area contributed by atoms with E-state index in [1.54, 1.807) is 37.6 Å². The van der Waals surface area contributed by atoms with Gasteiger partial charge < -0.3 is 14.8 Å². The second-order valence-corrected chi connectivity index (χ2v) is 8.58. The number of rotatable bonds is 9. The molecule has 35 heavy (non-hydrogen) atoms. The predicted molar refractivity (Wildman–Crippen MR) is 142 cm³/mol. The van der Waals surface area contributed by atoms with E-state index in [-0.39, 0.29) is 5.91 Å². The van der Waals surface area contributed by atoms with Crippen LogP contribution in [0.1, 0.15) is 22.8 Å². The number of ether oxygens (including phenoxy) is 2. The van der Waals surface area contributed by atoms with Crippen LogP contribution < -0.4 is 20.2 Å². The zero-order chi connectivity index (χ0) is 24.6. The molecule has 0 saturated carbocycles. The van der Waals surface area contributed by atoms with Crippen LogP contribution in [0.3, 0.4) is 0 Å². The number of carbonyl (C=O) groups excluding carboxylic acids is 1. The number of hydrogen-bond donors (Lipinski definition) is 2. The molecule has 1 amide bonds. The van der Waals surface area contributed by atoms with Gasteiger partial charge >= 0.3 is 0 Å². The Kier molecular flexibility index (Phi) is 7.97. The van der Waals surface area contributed by atoms with E-state index in [0.717, 1.165) is 27.6 Å². The molecule has 178 valence electrons. The summed E-state index contributed by atoms with van der Waals surface area (Å²) in [5, 5.41) is 10.7. The minimum Gasteiger partial charge on any atom is -0.493 e. The van der Waals surface area contributed by atoms with Crippen LogP contribution in [0.4, 0.5) is 10.8 Å². The molecule has 0 aliphatic carbocycles. The van der Waals surface area contributed by atoms with Gasteiger partial charge in [-0.05, 0) is 67.1 Å². The average molecular weight is 507 g/mol. The van der Waals surface area contributed by atoms with Crippen molar-refractivity contribution in [2.45, 2.75) is 6.92 Å². The first kappa shape index (κ1) is 24.3. The van der Waals surface area contributed by atoms with Crippen molar-refractivity contribution in [2.75, 3.05) is 19.0 Å². The molecule has 0 spiro atoms. The van der Waals surface area contributed by atoms with E-state index >= 15 is 0 Å². The molecule has 0 saturated heterocycles. The zero-order valence-electron chi connectivity index (χ0n) is 19.1. The van der Waals surface area contributed by atoms with Crippen molar-refractivity contribution in [1.29, 1.82) is 0 Å². The third-order valence-corrected chi connectivity index (χ3v) is 5.92. The highest BCUT2D eigenvalue weighted by atomic mass is 35.5. The van der Waals surface area contributed by atoms with Crippen LogP contribution in [0.2, 0.25) is 5.02 Å². The third-order valence-electron chi connectivity index (χ3n) is 4.91. The summed E-state index contributed by atoms with van der Waals surface area (Å²) in [7, 11) is 1.59. The number of anilines is 2. The quantitative estimate of drug-likeness (QED) is 0.203. The Morgan fingerprint density at radius 1 is 1.09 bits per heavy atom. The van der Waals surface area contributed by atoms with E-state index < -0.39 is 0 Å². The fraction of sp³-hybridized carbons (Fsp3) is 0.115. The van der Waals surface area contributed by atoms with Crippen LogP contribution in [-0.4, -0.2) is 30.8 Å². The van der Waals surface area contributed by atoms with Gasteiger partial charge in [0.25, 0.3) is 5.91 Å². The number of benzene rings is 3. The molecule has 2 N–H and O–H groups in total. The van der Waals surface area contributed by atoms with Gasteiger partial charge in [0.1, 0.15) is 0 Å². The van der Waals surface area contributed by atoms with E-state index in [1.165, 1.54) is 11.3 Å². The molecule has 1 heterocycles. The Balaban J connectivity index is 1.36. The molecule has 0 aliphatic heterocycles. The molecule has 0 atom stereocenters. The van der Waals surface area contributed by atoms with Crippen molar-refractivity contribution in [3.63, 3.8) is 0 Å². The van der Waals surface area contributed by atoms with Crippen molar-refractivity contribution in [3.05, 3.63) is 88.3 Å². The number of aromatic nitrogens is 1. The maximum atomic E-state index is 12.5. The van der Waals surface area contributed by atoms with Gasteiger partial charge in [0.2, 0.25) is 0 Å². The normalized spacial score (nSPS) is 10.8. The number of carbonyl (C=O) groups is 1. The number of hydrogen-bond acceptors (Lipinski definition) is 7. The first-order valence-corrected chi connectivity index (χ1v) is 12.0. The summed E-state index contributed by atoms with van der Waals surface area (Å²) in [6.07, 6.45) is 1.55. The molecule has 0 fully saturated rings. The minimum atomic E-state index is -0.310. The lowest BCUT2D eigenvalue weighted by Gasteiger charge is -2.09. The Bertz CT molecular complexity index is 1320. The smallest absolute Gasteiger partial charge is 0.271 e. The van der Waals surface area contributed by atoms with Gasteiger partial charge in [-0.15, -0.1) is 11.3 Å². The standard InChI is InChI=1S/C26H23ClN4O3S/c1-3-34-24-14-17(4-13-23(24)33-2)15-28-31-25(32)19-7-5-18(6-8-19)22-16-35-26(30-22)29-21-11-9-20(27)10-12-21/h4-16H,3H2,1-2H3,(H,29,30)(H,31,32)/b28-15-. The molecular formula is C26H23ClN4O3S. The van der Waals surface area contributed by atoms with Crippen molar-refractivity contribution < 1.29 is 14.3 Å². The van der Waals surface area contributed by atoms with Crippen molar-refractivity contribution in [3.8, 4) is 22.8 Å². The van der Waals surface area contributed by atoms with Crippen molar-refractivity contribution >= 4 is 45.9 Å². The van der Waals surface area contributed by atoms with E-state index in [1.807, 2.05) is 54.8 Å². The molecule has 1 aromatic heterocycles. The molecule has 0 aliphatic rings. The van der Waals surface area contributed by atoms with Gasteiger partial charge in [0.05, 0.1) is 25.6 Å². The van der Waals surface area contributed by atoms with Crippen LogP contribution >= 0.6 is 22.9 Å². The lowest BCUT2D eigenvalue weighted by molar-refractivity contribution is 0.0955. The summed E-state index contributed by atoms with van der Waals surface area (Å²) in [6, 6.07) is 20.1. The van der Waals surface area contributed by atoms with E-state index in [9.17, 15) is 4.79 Å². The third kappa shape index (κ3) is 6.38. The molecule has 3 aromatic carbocycles. The summed E-state index contributed by atoms with van der Waals surface area (Å²) in [6.45, 7) is 2.42. The summed E-state index contributed by atoms with van der Waals surface area (Å²) in [4.78, 5) is 17.1. The summed E-state index contributed by atoms with van der Waals surface area (Å²) in [5.74, 6) is 0.949. The Morgan fingerprint density at radius 3 is 2.57 bits per heavy atom. The molecule has 7 nitrogen and oxygen atoms in total. The molecule has 4 aromatic rings. The lowest BCUT2D eigenvalue weighted by atomic mass is 10.1. The topological polar surface area (TPSA) is 84.8 Å². The van der Waals surface area contributed by atoms with Crippen LogP contribution in [-0.2, 0) is 0 Å². The number of halogens is 1. The molecule has 0 bridgehead atoms. The molecular weight excluding hydrogens is 484 g/mol. The summed E-state index contributed by atoms with van der Waals surface area (Å²) in [5.41, 5.74) is 6.45. The Morgan fingerprint density at radius 2 is 1.86 bits per heavy atom. The lowest BCUT2D eigenvalue weighted by Crippen LogP contribution is -2.17. The van der Waals surface area contributed by atoms with E-state index in [0.29, 0.717) is 28.7 Å². The average Bonchev–Trinajstić information content (AvgIpc) is 3.34. The van der Waals surface area contributed by atoms with Crippen LogP contribution in [0.25, 0.3) is 11.3 Å². The maximum absolute atomic E-state index is 12.5. The first-order valence-electron chi connectivity index (χ1n) is 10.8. The van der Waals surface area contributed by atoms with E-state index in [4.69, 9.17) is 21.1 Å². The summed E-state index contributed by atoms with van der Waals surface area (Å²) >= 11 is 7.43. The number of thiazole rings is 1. The van der Waals surface area contributed by atoms with Crippen molar-refractivity contribution in [2.24, 2.45) is 5.10 Å². The van der Waals surface area contributed by atoms with E-state index in [2.05, 4.69) is 20.8 Å². The highest BCUT2D eigenvalue weighted by Crippen LogP contribution is 2.28. The molecule has 0 radical (unpaired) electrons. The summed E-state index contributed by atoms with van der Waals surface area (Å²) < 4.78 is 10.8. The zero-order valence-corrected chi connectivity index (χ0v) is 20.7. The second-order valence-electron chi connectivity index (χ2n) is 7.29. The Hall–Kier alpha value is -3.88. The maximum Gasteiger partial charge on any atom is 0.271 e. The SMILES string of the molecule is CCOc1cc(/C=N\NC(=O)c2ccc(-c3csc(Nc4ccc(Cl)cc4)n3)cc2)ccc1OC. The molecule has 4 rings (SSSR count). The molecule has 9 heteroatoms. The van der Waals surface area contributed by atoms with Gasteiger partial charge in [-0.25, -0.2) is 10.4 Å². The molecule has 0 unspecified atom stereocenters. The fourth-order valence-corrected chi connectivity index (χ4v) is 4.05. The predicted octanol–water partition coefficient (Wildman–Crippen LogP) is 6.38. The number of nitrogens with one attached hydrogen (secondary N) is 2. The number of amides is 1. The minimum absolute atomic E-state index is 0.310. The van der Waals surface area contributed by atoms with Crippen LogP contribution in [0.5, 0.6) is 11.5 Å². The van der Waals surface area contributed by atoms with Gasteiger partial charge in [0, 0.05) is 27.2 Å². The highest BCUT2D eigenvalue weighted by molar-refractivity contribution is 7.14. The number of hydrazone groups is 1. The largest absolute Gasteiger partial charge is 0.493 e.